The molecule has 1 atom stereocenters. The Bertz CT molecular complexity index is 837. The number of aliphatic hydroxyl groups excluding tert-OH is 1. The van der Waals surface area contributed by atoms with Crippen molar-refractivity contribution in [2.45, 2.75) is 302 Å². The van der Waals surface area contributed by atoms with Gasteiger partial charge < -0.3 is 14.6 Å². The Labute approximate surface area is 370 Å². The number of esters is 1. The van der Waals surface area contributed by atoms with E-state index in [0.29, 0.717) is 19.6 Å². The Balaban J connectivity index is 3.35. The van der Waals surface area contributed by atoms with E-state index in [1.807, 2.05) is 0 Å². The molecular weight excluding hydrogens is 725 g/mol. The highest BCUT2D eigenvalue weighted by Gasteiger charge is 2.13. The predicted molar refractivity (Wildman–Crippen MR) is 261 cm³/mol. The van der Waals surface area contributed by atoms with Gasteiger partial charge in [-0.1, -0.05) is 269 Å². The van der Waals surface area contributed by atoms with Crippen LogP contribution in [0.2, 0.25) is 0 Å². The molecule has 0 aliphatic carbocycles. The highest BCUT2D eigenvalue weighted by Crippen LogP contribution is 2.17. The molecule has 0 aromatic rings. The van der Waals surface area contributed by atoms with Crippen LogP contribution in [0.4, 0.5) is 0 Å². The van der Waals surface area contributed by atoms with Gasteiger partial charge in [-0.2, -0.15) is 0 Å². The van der Waals surface area contributed by atoms with Crippen molar-refractivity contribution >= 4 is 5.97 Å². The quantitative estimate of drug-likeness (QED) is 0.0377. The van der Waals surface area contributed by atoms with Gasteiger partial charge in [-0.15, -0.1) is 0 Å². The van der Waals surface area contributed by atoms with Gasteiger partial charge in [0, 0.05) is 13.0 Å². The molecule has 350 valence electrons. The fourth-order valence-electron chi connectivity index (χ4n) is 8.25. The van der Waals surface area contributed by atoms with Crippen LogP contribution in [0.15, 0.2) is 24.3 Å². The van der Waals surface area contributed by atoms with Crippen LogP contribution in [0.3, 0.4) is 0 Å². The largest absolute Gasteiger partial charge is 0.457 e. The molecule has 0 radical (unpaired) electrons. The van der Waals surface area contributed by atoms with Gasteiger partial charge in [0.2, 0.25) is 0 Å². The van der Waals surface area contributed by atoms with E-state index in [9.17, 15) is 9.90 Å². The average Bonchev–Trinajstić information content (AvgIpc) is 3.24. The average molecular weight is 831 g/mol. The van der Waals surface area contributed by atoms with E-state index in [1.54, 1.807) is 0 Å². The fraction of sp³-hybridized carbons (Fsp3) is 0.909. The van der Waals surface area contributed by atoms with Crippen LogP contribution in [-0.2, 0) is 14.3 Å². The Morgan fingerprint density at radius 2 is 0.712 bits per heavy atom. The first-order valence-electron chi connectivity index (χ1n) is 26.9. The zero-order chi connectivity index (χ0) is 42.6. The number of carbonyl (C=O) groups is 1. The van der Waals surface area contributed by atoms with Crippen LogP contribution in [0, 0.1) is 0 Å². The lowest BCUT2D eigenvalue weighted by molar-refractivity contribution is -0.154. The van der Waals surface area contributed by atoms with Gasteiger partial charge in [0.1, 0.15) is 6.10 Å². The van der Waals surface area contributed by atoms with Gasteiger partial charge in [0.25, 0.3) is 0 Å². The fourth-order valence-corrected chi connectivity index (χ4v) is 8.25. The van der Waals surface area contributed by atoms with Crippen molar-refractivity contribution in [3.8, 4) is 0 Å². The van der Waals surface area contributed by atoms with Gasteiger partial charge in [-0.05, 0) is 44.9 Å². The van der Waals surface area contributed by atoms with Crippen LogP contribution in [0.1, 0.15) is 296 Å². The Kier molecular flexibility index (Phi) is 52.0. The molecule has 59 heavy (non-hydrogen) atoms. The van der Waals surface area contributed by atoms with Gasteiger partial charge in [-0.25, -0.2) is 0 Å². The lowest BCUT2D eigenvalue weighted by atomic mass is 10.0. The molecule has 0 heterocycles. The Morgan fingerprint density at radius 3 is 1.05 bits per heavy atom. The zero-order valence-corrected chi connectivity index (χ0v) is 40.3. The molecule has 0 aromatic heterocycles. The minimum atomic E-state index is -0.531. The Hall–Kier alpha value is -1.13. The maximum Gasteiger partial charge on any atom is 0.306 e. The summed E-state index contributed by atoms with van der Waals surface area (Å²) in [4.78, 5) is 12.3. The first-order valence-corrected chi connectivity index (χ1v) is 26.9. The summed E-state index contributed by atoms with van der Waals surface area (Å²) in [6, 6.07) is 0. The predicted octanol–water partition coefficient (Wildman–Crippen LogP) is 18.2. The summed E-state index contributed by atoms with van der Waals surface area (Å²) in [6.45, 7) is 5.39. The van der Waals surface area contributed by atoms with Crippen molar-refractivity contribution in [2.24, 2.45) is 0 Å². The van der Waals surface area contributed by atoms with Gasteiger partial charge in [0.15, 0.2) is 0 Å². The third-order valence-electron chi connectivity index (χ3n) is 12.3. The molecule has 0 fully saturated rings. The van der Waals surface area contributed by atoms with Crippen molar-refractivity contribution in [2.75, 3.05) is 19.8 Å². The van der Waals surface area contributed by atoms with Crippen molar-refractivity contribution in [3.05, 3.63) is 24.3 Å². The lowest BCUT2D eigenvalue weighted by Gasteiger charge is -2.16. The van der Waals surface area contributed by atoms with Crippen LogP contribution in [0.25, 0.3) is 0 Å². The summed E-state index contributed by atoms with van der Waals surface area (Å²) in [5, 5.41) is 9.66. The second-order valence-electron chi connectivity index (χ2n) is 18.3. The normalized spacial score (nSPS) is 12.4. The van der Waals surface area contributed by atoms with Crippen molar-refractivity contribution in [3.63, 3.8) is 0 Å². The smallest absolute Gasteiger partial charge is 0.306 e. The molecule has 0 bridgehead atoms. The second kappa shape index (κ2) is 53.0. The molecule has 0 aliphatic rings. The van der Waals surface area contributed by atoms with Crippen molar-refractivity contribution in [1.29, 1.82) is 0 Å². The van der Waals surface area contributed by atoms with E-state index in [2.05, 4.69) is 38.2 Å². The molecule has 1 N–H and O–H groups in total. The highest BCUT2D eigenvalue weighted by atomic mass is 16.6. The lowest BCUT2D eigenvalue weighted by Crippen LogP contribution is -2.27. The molecule has 1 unspecified atom stereocenters. The van der Waals surface area contributed by atoms with Crippen LogP contribution in [-0.4, -0.2) is 37.0 Å². The first-order chi connectivity index (χ1) is 29.2. The van der Waals surface area contributed by atoms with Crippen LogP contribution < -0.4 is 0 Å². The van der Waals surface area contributed by atoms with Gasteiger partial charge in [0.05, 0.1) is 13.2 Å². The maximum absolute atomic E-state index is 12.3. The topological polar surface area (TPSA) is 55.8 Å². The van der Waals surface area contributed by atoms with E-state index in [-0.39, 0.29) is 12.6 Å². The maximum atomic E-state index is 12.3. The summed E-state index contributed by atoms with van der Waals surface area (Å²) in [5.74, 6) is -0.193. The minimum Gasteiger partial charge on any atom is -0.457 e. The van der Waals surface area contributed by atoms with Crippen LogP contribution in [0.5, 0.6) is 0 Å². The third-order valence-corrected chi connectivity index (χ3v) is 12.3. The molecule has 0 spiro atoms. The number of unbranched alkanes of at least 4 members (excludes halogenated alkanes) is 39. The summed E-state index contributed by atoms with van der Waals surface area (Å²) in [5.41, 5.74) is 0. The molecule has 0 rings (SSSR count). The summed E-state index contributed by atoms with van der Waals surface area (Å²) in [7, 11) is 0. The van der Waals surface area contributed by atoms with Crippen molar-refractivity contribution in [1.82, 2.24) is 0 Å². The van der Waals surface area contributed by atoms with Crippen LogP contribution >= 0.6 is 0 Å². The Morgan fingerprint density at radius 1 is 0.407 bits per heavy atom. The standard InChI is InChI=1S/C55H106O4/c1-3-5-7-9-11-13-15-17-19-21-23-25-26-27-28-29-31-33-35-37-39-41-43-45-47-49-51-58-53-54(52-56)59-55(57)50-48-46-44-42-40-38-36-34-32-30-24-22-20-18-16-14-12-10-8-6-4-2/h15,17,21,23,54,56H,3-14,16,18-20,22,24-53H2,1-2H3/b17-15-,23-21-. The third kappa shape index (κ3) is 51.1. The number of hydrogen-bond donors (Lipinski definition) is 1. The zero-order valence-electron chi connectivity index (χ0n) is 40.3. The highest BCUT2D eigenvalue weighted by molar-refractivity contribution is 5.69. The van der Waals surface area contributed by atoms with E-state index in [1.165, 1.54) is 250 Å². The number of hydrogen-bond acceptors (Lipinski definition) is 4. The molecule has 0 saturated carbocycles. The second-order valence-corrected chi connectivity index (χ2v) is 18.3. The number of aliphatic hydroxyl groups is 1. The molecule has 0 aromatic carbocycles. The first kappa shape index (κ1) is 57.9. The summed E-state index contributed by atoms with van der Waals surface area (Å²) >= 11 is 0. The molecule has 0 saturated heterocycles. The number of allylic oxidation sites excluding steroid dienone is 4. The SMILES string of the molecule is CCCCCCC/C=C\C/C=C\CCCCCCCCCCCCCCCCOCC(CO)OC(=O)CCCCCCCCCCCCCCCCCCCCCCC. The monoisotopic (exact) mass is 831 g/mol. The summed E-state index contributed by atoms with van der Waals surface area (Å²) in [6.07, 6.45) is 67.1. The molecule has 0 amide bonds. The van der Waals surface area contributed by atoms with E-state index >= 15 is 0 Å². The van der Waals surface area contributed by atoms with E-state index in [4.69, 9.17) is 9.47 Å². The molecule has 4 nitrogen and oxygen atoms in total. The number of ether oxygens (including phenoxy) is 2. The van der Waals surface area contributed by atoms with E-state index < -0.39 is 6.10 Å². The molecular formula is C55H106O4. The molecule has 4 heteroatoms. The van der Waals surface area contributed by atoms with Gasteiger partial charge in [-0.3, -0.25) is 4.79 Å². The van der Waals surface area contributed by atoms with E-state index in [0.717, 1.165) is 25.7 Å². The summed E-state index contributed by atoms with van der Waals surface area (Å²) < 4.78 is 11.2. The minimum absolute atomic E-state index is 0.166. The molecule has 0 aliphatic heterocycles. The number of rotatable bonds is 51. The van der Waals surface area contributed by atoms with Crippen molar-refractivity contribution < 1.29 is 19.4 Å². The number of carbonyl (C=O) groups excluding carboxylic acids is 1. The van der Waals surface area contributed by atoms with Gasteiger partial charge >= 0.3 is 5.97 Å².